The average molecular weight is 294 g/mol. The number of halogens is 1. The zero-order valence-corrected chi connectivity index (χ0v) is 13.7. The molecule has 0 aromatic heterocycles. The molecule has 21 heavy (non-hydrogen) atoms. The van der Waals surface area contributed by atoms with Gasteiger partial charge in [0.05, 0.1) is 0 Å². The second-order valence-electron chi connectivity index (χ2n) is 5.53. The summed E-state index contributed by atoms with van der Waals surface area (Å²) in [4.78, 5) is 8.53. The van der Waals surface area contributed by atoms with Crippen molar-refractivity contribution in [3.63, 3.8) is 0 Å². The summed E-state index contributed by atoms with van der Waals surface area (Å²) in [5.74, 6) is 0.610. The molecule has 0 aliphatic carbocycles. The van der Waals surface area contributed by atoms with Gasteiger partial charge in [-0.3, -0.25) is 4.99 Å². The number of benzene rings is 1. The summed E-state index contributed by atoms with van der Waals surface area (Å²) in [5.41, 5.74) is 0.930. The van der Waals surface area contributed by atoms with E-state index < -0.39 is 0 Å². The maximum atomic E-state index is 13.2. The van der Waals surface area contributed by atoms with E-state index in [1.165, 1.54) is 6.07 Å². The Morgan fingerprint density at radius 2 is 2.05 bits per heavy atom. The molecule has 0 fully saturated rings. The Balaban J connectivity index is 2.48. The predicted octanol–water partition coefficient (Wildman–Crippen LogP) is 2.17. The maximum absolute atomic E-state index is 13.2. The SMILES string of the molecule is CN=C(NCCN(C)C(C)C)N(C)Cc1cccc(F)c1. The molecule has 1 N–H and O–H groups in total. The molecule has 0 amide bonds. The zero-order valence-electron chi connectivity index (χ0n) is 13.7. The number of hydrogen-bond donors (Lipinski definition) is 1. The first-order valence-electron chi connectivity index (χ1n) is 7.30. The number of guanidine groups is 1. The van der Waals surface area contributed by atoms with E-state index in [0.717, 1.165) is 24.6 Å². The van der Waals surface area contributed by atoms with Crippen LogP contribution in [0.4, 0.5) is 4.39 Å². The number of likely N-dealkylation sites (N-methyl/N-ethyl adjacent to an activating group) is 1. The van der Waals surface area contributed by atoms with E-state index in [0.29, 0.717) is 12.6 Å². The second-order valence-corrected chi connectivity index (χ2v) is 5.53. The fourth-order valence-electron chi connectivity index (χ4n) is 1.97. The van der Waals surface area contributed by atoms with Crippen LogP contribution in [0.5, 0.6) is 0 Å². The Morgan fingerprint density at radius 1 is 1.33 bits per heavy atom. The fourth-order valence-corrected chi connectivity index (χ4v) is 1.97. The van der Waals surface area contributed by atoms with E-state index in [4.69, 9.17) is 0 Å². The van der Waals surface area contributed by atoms with Crippen LogP contribution in [-0.2, 0) is 6.54 Å². The van der Waals surface area contributed by atoms with Crippen molar-refractivity contribution in [3.05, 3.63) is 35.6 Å². The minimum absolute atomic E-state index is 0.206. The van der Waals surface area contributed by atoms with E-state index in [9.17, 15) is 4.39 Å². The van der Waals surface area contributed by atoms with Crippen molar-refractivity contribution >= 4 is 5.96 Å². The molecule has 0 aliphatic rings. The fraction of sp³-hybridized carbons (Fsp3) is 0.562. The molecular formula is C16H27FN4. The Bertz CT molecular complexity index is 459. The Hall–Kier alpha value is -1.62. The third-order valence-electron chi connectivity index (χ3n) is 3.51. The minimum Gasteiger partial charge on any atom is -0.355 e. The lowest BCUT2D eigenvalue weighted by atomic mass is 10.2. The summed E-state index contributed by atoms with van der Waals surface area (Å²) >= 11 is 0. The van der Waals surface area contributed by atoms with Crippen LogP contribution >= 0.6 is 0 Å². The monoisotopic (exact) mass is 294 g/mol. The second kappa shape index (κ2) is 8.62. The summed E-state index contributed by atoms with van der Waals surface area (Å²) < 4.78 is 13.2. The molecule has 0 aliphatic heterocycles. The number of nitrogens with one attached hydrogen (secondary N) is 1. The summed E-state index contributed by atoms with van der Waals surface area (Å²) in [6.07, 6.45) is 0. The van der Waals surface area contributed by atoms with Gasteiger partial charge in [0, 0.05) is 39.8 Å². The molecule has 0 heterocycles. The average Bonchev–Trinajstić information content (AvgIpc) is 2.43. The molecule has 1 aromatic rings. The van der Waals surface area contributed by atoms with E-state index in [1.807, 2.05) is 18.0 Å². The summed E-state index contributed by atoms with van der Waals surface area (Å²) in [6, 6.07) is 7.18. The van der Waals surface area contributed by atoms with Crippen LogP contribution in [0, 0.1) is 5.82 Å². The molecule has 0 atom stereocenters. The van der Waals surface area contributed by atoms with E-state index in [1.54, 1.807) is 19.2 Å². The highest BCUT2D eigenvalue weighted by molar-refractivity contribution is 5.79. The first-order valence-corrected chi connectivity index (χ1v) is 7.30. The highest BCUT2D eigenvalue weighted by atomic mass is 19.1. The van der Waals surface area contributed by atoms with Crippen LogP contribution in [0.15, 0.2) is 29.3 Å². The van der Waals surface area contributed by atoms with Gasteiger partial charge < -0.3 is 15.1 Å². The van der Waals surface area contributed by atoms with Crippen molar-refractivity contribution in [2.45, 2.75) is 26.4 Å². The van der Waals surface area contributed by atoms with Gasteiger partial charge in [-0.05, 0) is 38.6 Å². The van der Waals surface area contributed by atoms with Crippen molar-refractivity contribution < 1.29 is 4.39 Å². The van der Waals surface area contributed by atoms with Gasteiger partial charge in [-0.15, -0.1) is 0 Å². The quantitative estimate of drug-likeness (QED) is 0.644. The van der Waals surface area contributed by atoms with Crippen molar-refractivity contribution in [1.29, 1.82) is 0 Å². The number of rotatable bonds is 6. The minimum atomic E-state index is -0.206. The topological polar surface area (TPSA) is 30.9 Å². The van der Waals surface area contributed by atoms with E-state index >= 15 is 0 Å². The molecule has 0 unspecified atom stereocenters. The van der Waals surface area contributed by atoms with Crippen molar-refractivity contribution in [2.24, 2.45) is 4.99 Å². The summed E-state index contributed by atoms with van der Waals surface area (Å²) in [5, 5.41) is 3.33. The first-order chi connectivity index (χ1) is 9.93. The summed E-state index contributed by atoms with van der Waals surface area (Å²) in [6.45, 7) is 6.74. The van der Waals surface area contributed by atoms with Gasteiger partial charge in [-0.2, -0.15) is 0 Å². The van der Waals surface area contributed by atoms with Gasteiger partial charge in [-0.25, -0.2) is 4.39 Å². The van der Waals surface area contributed by atoms with Crippen LogP contribution in [0.25, 0.3) is 0 Å². The van der Waals surface area contributed by atoms with Crippen LogP contribution in [0.3, 0.4) is 0 Å². The Kier molecular flexibility index (Phi) is 7.15. The highest BCUT2D eigenvalue weighted by Gasteiger charge is 2.08. The Morgan fingerprint density at radius 3 is 2.62 bits per heavy atom. The van der Waals surface area contributed by atoms with Crippen LogP contribution in [0.2, 0.25) is 0 Å². The molecule has 1 rings (SSSR count). The van der Waals surface area contributed by atoms with Crippen LogP contribution in [-0.4, -0.2) is 56.0 Å². The normalized spacial score (nSPS) is 12.1. The molecular weight excluding hydrogens is 267 g/mol. The zero-order chi connectivity index (χ0) is 15.8. The van der Waals surface area contributed by atoms with Crippen LogP contribution in [0.1, 0.15) is 19.4 Å². The van der Waals surface area contributed by atoms with Crippen molar-refractivity contribution in [1.82, 2.24) is 15.1 Å². The number of nitrogens with zero attached hydrogens (tertiary/aromatic N) is 3. The number of aliphatic imine (C=N–C) groups is 1. The Labute approximate surface area is 127 Å². The molecule has 0 bridgehead atoms. The smallest absolute Gasteiger partial charge is 0.193 e. The van der Waals surface area contributed by atoms with Crippen molar-refractivity contribution in [2.75, 3.05) is 34.2 Å². The van der Waals surface area contributed by atoms with Gasteiger partial charge >= 0.3 is 0 Å². The maximum Gasteiger partial charge on any atom is 0.193 e. The molecule has 0 saturated heterocycles. The van der Waals surface area contributed by atoms with Crippen LogP contribution < -0.4 is 5.32 Å². The molecule has 0 saturated carbocycles. The molecule has 1 aromatic carbocycles. The molecule has 0 spiro atoms. The van der Waals surface area contributed by atoms with Crippen molar-refractivity contribution in [3.8, 4) is 0 Å². The van der Waals surface area contributed by atoms with Gasteiger partial charge in [0.25, 0.3) is 0 Å². The highest BCUT2D eigenvalue weighted by Crippen LogP contribution is 2.06. The molecule has 5 heteroatoms. The predicted molar refractivity (Wildman–Crippen MR) is 87.0 cm³/mol. The first kappa shape index (κ1) is 17.4. The van der Waals surface area contributed by atoms with E-state index in [2.05, 4.69) is 36.1 Å². The number of hydrogen-bond acceptors (Lipinski definition) is 2. The van der Waals surface area contributed by atoms with Gasteiger partial charge in [-0.1, -0.05) is 12.1 Å². The molecule has 118 valence electrons. The largest absolute Gasteiger partial charge is 0.355 e. The standard InChI is InChI=1S/C16H27FN4/c1-13(2)20(4)10-9-19-16(18-3)21(5)12-14-7-6-8-15(17)11-14/h6-8,11,13H,9-10,12H2,1-5H3,(H,18,19). The third-order valence-corrected chi connectivity index (χ3v) is 3.51. The lowest BCUT2D eigenvalue weighted by molar-refractivity contribution is 0.277. The lowest BCUT2D eigenvalue weighted by Gasteiger charge is -2.25. The van der Waals surface area contributed by atoms with Gasteiger partial charge in [0.15, 0.2) is 5.96 Å². The van der Waals surface area contributed by atoms with Gasteiger partial charge in [0.1, 0.15) is 5.82 Å². The molecule has 0 radical (unpaired) electrons. The lowest BCUT2D eigenvalue weighted by Crippen LogP contribution is -2.42. The third kappa shape index (κ3) is 6.12. The van der Waals surface area contributed by atoms with Gasteiger partial charge in [0.2, 0.25) is 0 Å². The summed E-state index contributed by atoms with van der Waals surface area (Å²) in [7, 11) is 5.81. The van der Waals surface area contributed by atoms with E-state index in [-0.39, 0.29) is 5.82 Å². The molecule has 4 nitrogen and oxygen atoms in total.